The number of carboxylic acid groups (broad SMARTS) is 1. The molecule has 0 bridgehead atoms. The number of hydrogen-bond donors (Lipinski definition) is 2. The Kier molecular flexibility index (Phi) is 5.05. The van der Waals surface area contributed by atoms with Gasteiger partial charge in [0, 0.05) is 28.9 Å². The van der Waals surface area contributed by atoms with Gasteiger partial charge in [-0.3, -0.25) is 9.78 Å². The SMILES string of the molecule is O=C(N[C@H](Cc1cccc(Br)c1)C(=O)O)c1ccncc1. The summed E-state index contributed by atoms with van der Waals surface area (Å²) in [4.78, 5) is 27.1. The van der Waals surface area contributed by atoms with Crippen molar-refractivity contribution in [3.05, 3.63) is 64.4 Å². The number of hydrogen-bond acceptors (Lipinski definition) is 3. The van der Waals surface area contributed by atoms with E-state index in [2.05, 4.69) is 26.2 Å². The monoisotopic (exact) mass is 348 g/mol. The smallest absolute Gasteiger partial charge is 0.326 e. The summed E-state index contributed by atoms with van der Waals surface area (Å²) in [6, 6.07) is 9.41. The maximum atomic E-state index is 12.0. The molecule has 1 aromatic heterocycles. The van der Waals surface area contributed by atoms with E-state index in [4.69, 9.17) is 0 Å². The first-order valence-electron chi connectivity index (χ1n) is 6.24. The number of carbonyl (C=O) groups is 2. The fourth-order valence-corrected chi connectivity index (χ4v) is 2.29. The van der Waals surface area contributed by atoms with Crippen LogP contribution >= 0.6 is 15.9 Å². The minimum absolute atomic E-state index is 0.214. The van der Waals surface area contributed by atoms with E-state index in [1.807, 2.05) is 24.3 Å². The Morgan fingerprint density at radius 3 is 2.57 bits per heavy atom. The van der Waals surface area contributed by atoms with Gasteiger partial charge in [0.25, 0.3) is 5.91 Å². The number of benzene rings is 1. The lowest BCUT2D eigenvalue weighted by atomic mass is 10.1. The first-order chi connectivity index (χ1) is 10.1. The topological polar surface area (TPSA) is 79.3 Å². The molecule has 1 heterocycles. The molecule has 2 aromatic rings. The number of carboxylic acids is 1. The first kappa shape index (κ1) is 15.2. The zero-order valence-electron chi connectivity index (χ0n) is 11.0. The lowest BCUT2D eigenvalue weighted by Gasteiger charge is -2.14. The minimum Gasteiger partial charge on any atom is -0.480 e. The Balaban J connectivity index is 2.09. The second-order valence-electron chi connectivity index (χ2n) is 4.43. The highest BCUT2D eigenvalue weighted by Gasteiger charge is 2.21. The van der Waals surface area contributed by atoms with Crippen LogP contribution in [-0.4, -0.2) is 28.0 Å². The van der Waals surface area contributed by atoms with E-state index in [1.54, 1.807) is 0 Å². The number of rotatable bonds is 5. The van der Waals surface area contributed by atoms with Gasteiger partial charge in [-0.25, -0.2) is 4.79 Å². The van der Waals surface area contributed by atoms with Gasteiger partial charge in [0.2, 0.25) is 0 Å². The third-order valence-electron chi connectivity index (χ3n) is 2.87. The largest absolute Gasteiger partial charge is 0.480 e. The fourth-order valence-electron chi connectivity index (χ4n) is 1.84. The van der Waals surface area contributed by atoms with Crippen LogP contribution in [0.4, 0.5) is 0 Å². The number of nitrogens with one attached hydrogen (secondary N) is 1. The van der Waals surface area contributed by atoms with Crippen molar-refractivity contribution in [3.63, 3.8) is 0 Å². The normalized spacial score (nSPS) is 11.7. The number of carbonyl (C=O) groups excluding carboxylic acids is 1. The van der Waals surface area contributed by atoms with Gasteiger partial charge in [-0.05, 0) is 29.8 Å². The highest BCUT2D eigenvalue weighted by molar-refractivity contribution is 9.10. The Hall–Kier alpha value is -2.21. The highest BCUT2D eigenvalue weighted by atomic mass is 79.9. The van der Waals surface area contributed by atoms with E-state index in [1.165, 1.54) is 24.5 Å². The average Bonchev–Trinajstić information content (AvgIpc) is 2.47. The van der Waals surface area contributed by atoms with Gasteiger partial charge in [-0.2, -0.15) is 0 Å². The van der Waals surface area contributed by atoms with Crippen molar-refractivity contribution in [2.45, 2.75) is 12.5 Å². The molecule has 1 atom stereocenters. The zero-order valence-corrected chi connectivity index (χ0v) is 12.6. The molecule has 108 valence electrons. The molecular weight excluding hydrogens is 336 g/mol. The molecule has 2 rings (SSSR count). The van der Waals surface area contributed by atoms with Crippen molar-refractivity contribution < 1.29 is 14.7 Å². The molecule has 0 aliphatic heterocycles. The molecule has 0 saturated carbocycles. The predicted molar refractivity (Wildman–Crippen MR) is 81.0 cm³/mol. The van der Waals surface area contributed by atoms with Crippen molar-refractivity contribution in [2.75, 3.05) is 0 Å². The number of halogens is 1. The summed E-state index contributed by atoms with van der Waals surface area (Å²) >= 11 is 3.33. The van der Waals surface area contributed by atoms with E-state index in [0.717, 1.165) is 10.0 Å². The maximum absolute atomic E-state index is 12.0. The van der Waals surface area contributed by atoms with E-state index >= 15 is 0 Å². The van der Waals surface area contributed by atoms with Gasteiger partial charge in [0.1, 0.15) is 6.04 Å². The highest BCUT2D eigenvalue weighted by Crippen LogP contribution is 2.13. The van der Waals surface area contributed by atoms with Crippen LogP contribution in [0.5, 0.6) is 0 Å². The van der Waals surface area contributed by atoms with E-state index in [-0.39, 0.29) is 6.42 Å². The quantitative estimate of drug-likeness (QED) is 0.868. The molecule has 0 radical (unpaired) electrons. The summed E-state index contributed by atoms with van der Waals surface area (Å²) < 4.78 is 0.865. The molecule has 5 nitrogen and oxygen atoms in total. The molecule has 2 N–H and O–H groups in total. The molecule has 0 unspecified atom stereocenters. The standard InChI is InChI=1S/C15H13BrN2O3/c16-12-3-1-2-10(8-12)9-13(15(20)21)18-14(19)11-4-6-17-7-5-11/h1-8,13H,9H2,(H,18,19)(H,20,21)/t13-/m1/s1. The van der Waals surface area contributed by atoms with Crippen LogP contribution in [0.1, 0.15) is 15.9 Å². The number of pyridine rings is 1. The molecular formula is C15H13BrN2O3. The Labute approximate surface area is 130 Å². The van der Waals surface area contributed by atoms with Crippen LogP contribution in [0, 0.1) is 0 Å². The van der Waals surface area contributed by atoms with Gasteiger partial charge in [0.15, 0.2) is 0 Å². The van der Waals surface area contributed by atoms with Crippen LogP contribution in [0.2, 0.25) is 0 Å². The van der Waals surface area contributed by atoms with Crippen molar-refractivity contribution in [2.24, 2.45) is 0 Å². The van der Waals surface area contributed by atoms with Crippen LogP contribution in [-0.2, 0) is 11.2 Å². The molecule has 0 saturated heterocycles. The molecule has 1 amide bonds. The molecule has 0 aliphatic rings. The summed E-state index contributed by atoms with van der Waals surface area (Å²) in [5, 5.41) is 11.8. The lowest BCUT2D eigenvalue weighted by Crippen LogP contribution is -2.42. The van der Waals surface area contributed by atoms with Crippen LogP contribution in [0.25, 0.3) is 0 Å². The van der Waals surface area contributed by atoms with Crippen molar-refractivity contribution >= 4 is 27.8 Å². The van der Waals surface area contributed by atoms with Gasteiger partial charge in [-0.15, -0.1) is 0 Å². The Morgan fingerprint density at radius 2 is 1.95 bits per heavy atom. The van der Waals surface area contributed by atoms with E-state index in [0.29, 0.717) is 5.56 Å². The van der Waals surface area contributed by atoms with Gasteiger partial charge < -0.3 is 10.4 Å². The average molecular weight is 349 g/mol. The summed E-state index contributed by atoms with van der Waals surface area (Å²) in [5.41, 5.74) is 1.21. The summed E-state index contributed by atoms with van der Waals surface area (Å²) in [6.07, 6.45) is 3.18. The Bertz CT molecular complexity index is 646. The summed E-state index contributed by atoms with van der Waals surface area (Å²) in [7, 11) is 0. The van der Waals surface area contributed by atoms with E-state index in [9.17, 15) is 14.7 Å². The molecule has 1 aromatic carbocycles. The minimum atomic E-state index is -1.07. The van der Waals surface area contributed by atoms with Gasteiger partial charge in [0.05, 0.1) is 0 Å². The predicted octanol–water partition coefficient (Wildman–Crippen LogP) is 2.27. The Morgan fingerprint density at radius 1 is 1.24 bits per heavy atom. The van der Waals surface area contributed by atoms with Crippen molar-refractivity contribution in [1.29, 1.82) is 0 Å². The fraction of sp³-hybridized carbons (Fsp3) is 0.133. The third kappa shape index (κ3) is 4.39. The second-order valence-corrected chi connectivity index (χ2v) is 5.35. The zero-order chi connectivity index (χ0) is 15.2. The van der Waals surface area contributed by atoms with Crippen LogP contribution < -0.4 is 5.32 Å². The number of nitrogens with zero attached hydrogens (tertiary/aromatic N) is 1. The number of aliphatic carboxylic acids is 1. The first-order valence-corrected chi connectivity index (χ1v) is 7.03. The molecule has 21 heavy (non-hydrogen) atoms. The van der Waals surface area contributed by atoms with Crippen molar-refractivity contribution in [1.82, 2.24) is 10.3 Å². The molecule has 0 aliphatic carbocycles. The maximum Gasteiger partial charge on any atom is 0.326 e. The second kappa shape index (κ2) is 6.99. The number of aromatic nitrogens is 1. The molecule has 0 fully saturated rings. The lowest BCUT2D eigenvalue weighted by molar-refractivity contribution is -0.139. The van der Waals surface area contributed by atoms with E-state index < -0.39 is 17.9 Å². The van der Waals surface area contributed by atoms with Gasteiger partial charge in [-0.1, -0.05) is 28.1 Å². The number of amides is 1. The summed E-state index contributed by atoms with van der Waals surface area (Å²) in [6.45, 7) is 0. The molecule has 0 spiro atoms. The van der Waals surface area contributed by atoms with Crippen LogP contribution in [0.3, 0.4) is 0 Å². The van der Waals surface area contributed by atoms with Gasteiger partial charge >= 0.3 is 5.97 Å². The summed E-state index contributed by atoms with van der Waals surface area (Å²) in [5.74, 6) is -1.50. The van der Waals surface area contributed by atoms with Crippen molar-refractivity contribution in [3.8, 4) is 0 Å². The molecule has 6 heteroatoms. The third-order valence-corrected chi connectivity index (χ3v) is 3.37. The van der Waals surface area contributed by atoms with Crippen LogP contribution in [0.15, 0.2) is 53.3 Å².